The molecule has 2 aromatic carbocycles. The van der Waals surface area contributed by atoms with E-state index in [0.717, 1.165) is 5.56 Å². The minimum atomic E-state index is -3.43. The van der Waals surface area contributed by atoms with Gasteiger partial charge in [-0.25, -0.2) is 13.4 Å². The number of rotatable bonds is 8. The third kappa shape index (κ3) is 5.17. The van der Waals surface area contributed by atoms with Crippen LogP contribution in [0.25, 0.3) is 11.5 Å². The first-order valence-electron chi connectivity index (χ1n) is 11.8. The molecule has 2 aromatic heterocycles. The van der Waals surface area contributed by atoms with E-state index in [1.807, 2.05) is 37.3 Å². The van der Waals surface area contributed by atoms with Gasteiger partial charge in [0.25, 0.3) is 5.89 Å². The molecule has 2 atom stereocenters. The van der Waals surface area contributed by atoms with Gasteiger partial charge in [-0.1, -0.05) is 37.3 Å². The van der Waals surface area contributed by atoms with Crippen molar-refractivity contribution in [2.75, 3.05) is 23.0 Å². The van der Waals surface area contributed by atoms with Gasteiger partial charge in [-0.3, -0.25) is 0 Å². The summed E-state index contributed by atoms with van der Waals surface area (Å²) in [5.74, 6) is 1.17. The molecule has 0 amide bonds. The Morgan fingerprint density at radius 2 is 1.97 bits per heavy atom. The number of aliphatic hydroxyl groups excluding tert-OH is 2. The number of hydrogen-bond acceptors (Lipinski definition) is 11. The number of benzene rings is 2. The lowest BCUT2D eigenvalue weighted by Gasteiger charge is -2.22. The minimum Gasteiger partial charge on any atom is -0.421 e. The molecular weight excluding hydrogens is 496 g/mol. The lowest BCUT2D eigenvalue weighted by Crippen LogP contribution is -2.20. The average Bonchev–Trinajstić information content (AvgIpc) is 3.39. The van der Waals surface area contributed by atoms with Gasteiger partial charge in [0.1, 0.15) is 5.82 Å². The lowest BCUT2D eigenvalue weighted by atomic mass is 10.1. The van der Waals surface area contributed by atoms with E-state index in [9.17, 15) is 18.6 Å². The Morgan fingerprint density at radius 1 is 1.16 bits per heavy atom. The summed E-state index contributed by atoms with van der Waals surface area (Å²) in [7, 11) is -3.43. The van der Waals surface area contributed by atoms with Crippen LogP contribution in [0.4, 0.5) is 17.5 Å². The van der Waals surface area contributed by atoms with Crippen molar-refractivity contribution in [2.24, 2.45) is 0 Å². The van der Waals surface area contributed by atoms with Crippen molar-refractivity contribution in [3.63, 3.8) is 0 Å². The average molecular weight is 523 g/mol. The van der Waals surface area contributed by atoms with E-state index in [4.69, 9.17) is 4.42 Å². The van der Waals surface area contributed by atoms with Gasteiger partial charge in [0.05, 0.1) is 35.0 Å². The van der Waals surface area contributed by atoms with Crippen LogP contribution in [0.5, 0.6) is 0 Å². The number of sulfone groups is 1. The third-order valence-electron chi connectivity index (χ3n) is 6.10. The van der Waals surface area contributed by atoms with Gasteiger partial charge in [0, 0.05) is 23.9 Å². The molecule has 1 aliphatic heterocycles. The Hall–Kier alpha value is -3.87. The van der Waals surface area contributed by atoms with E-state index in [1.54, 1.807) is 12.1 Å². The Balaban J connectivity index is 1.50. The second kappa shape index (κ2) is 10.2. The summed E-state index contributed by atoms with van der Waals surface area (Å²) in [5, 5.41) is 34.9. The van der Waals surface area contributed by atoms with E-state index in [-0.39, 0.29) is 35.5 Å². The first-order chi connectivity index (χ1) is 17.9. The van der Waals surface area contributed by atoms with Crippen LogP contribution in [0.1, 0.15) is 42.5 Å². The van der Waals surface area contributed by atoms with Crippen LogP contribution in [0.3, 0.4) is 0 Å². The number of fused-ring (bicyclic) bond motifs is 1. The molecule has 0 saturated carbocycles. The smallest absolute Gasteiger partial charge is 0.253 e. The van der Waals surface area contributed by atoms with E-state index in [1.165, 1.54) is 12.3 Å². The van der Waals surface area contributed by atoms with Crippen molar-refractivity contribution < 1.29 is 23.0 Å². The highest BCUT2D eigenvalue weighted by Crippen LogP contribution is 2.35. The van der Waals surface area contributed by atoms with Gasteiger partial charge in [-0.05, 0) is 30.2 Å². The van der Waals surface area contributed by atoms with Gasteiger partial charge in [0.2, 0.25) is 11.8 Å². The van der Waals surface area contributed by atoms with Crippen LogP contribution >= 0.6 is 0 Å². The molecule has 12 heteroatoms. The number of nitrogens with one attached hydrogen (secondary N) is 2. The molecule has 1 unspecified atom stereocenters. The van der Waals surface area contributed by atoms with E-state index in [0.29, 0.717) is 34.9 Å². The topological polar surface area (TPSA) is 163 Å². The largest absolute Gasteiger partial charge is 0.421 e. The highest BCUT2D eigenvalue weighted by atomic mass is 32.2. The maximum Gasteiger partial charge on any atom is 0.253 e. The van der Waals surface area contributed by atoms with Crippen molar-refractivity contribution in [2.45, 2.75) is 36.8 Å². The molecule has 5 rings (SSSR count). The molecule has 11 nitrogen and oxygen atoms in total. The fourth-order valence-corrected chi connectivity index (χ4v) is 5.71. The zero-order valence-electron chi connectivity index (χ0n) is 20.0. The Kier molecular flexibility index (Phi) is 6.87. The molecule has 0 fully saturated rings. The Labute approximate surface area is 213 Å². The monoisotopic (exact) mass is 522 g/mol. The molecule has 0 saturated heterocycles. The Bertz CT molecular complexity index is 1510. The summed E-state index contributed by atoms with van der Waals surface area (Å²) in [4.78, 5) is 9.11. The summed E-state index contributed by atoms with van der Waals surface area (Å²) in [5.41, 5.74) is 2.17. The van der Waals surface area contributed by atoms with Crippen molar-refractivity contribution in [1.82, 2.24) is 20.2 Å². The maximum atomic E-state index is 12.4. The molecule has 1 aliphatic rings. The highest BCUT2D eigenvalue weighted by Gasteiger charge is 2.29. The summed E-state index contributed by atoms with van der Waals surface area (Å²) in [6, 6.07) is 13.6. The molecule has 37 heavy (non-hydrogen) atoms. The van der Waals surface area contributed by atoms with Crippen LogP contribution in [-0.2, 0) is 16.3 Å². The standard InChI is InChI=1S/C25H26N6O5S/c1-2-22-30-31-24(36-22)18-13-26-25(29-23(18)28-19(14-32)15-6-4-3-5-7-15)27-16-8-9-21-17(12-16)20(33)10-11-37(21,34)35/h3-9,12-13,19-20,32-33H,2,10-11,14H2,1H3,(H2,26,27,28,29)/t19-,20?/m1/s1. The van der Waals surface area contributed by atoms with Crippen LogP contribution in [0.15, 0.2) is 64.0 Å². The maximum absolute atomic E-state index is 12.4. The number of aromatic nitrogens is 4. The highest BCUT2D eigenvalue weighted by molar-refractivity contribution is 7.91. The fourth-order valence-electron chi connectivity index (χ4n) is 4.13. The number of aryl methyl sites for hydroxylation is 1. The van der Waals surface area contributed by atoms with Crippen molar-refractivity contribution in [3.8, 4) is 11.5 Å². The summed E-state index contributed by atoms with van der Waals surface area (Å²) < 4.78 is 30.5. The molecule has 3 heterocycles. The van der Waals surface area contributed by atoms with Gasteiger partial charge in [0.15, 0.2) is 9.84 Å². The van der Waals surface area contributed by atoms with E-state index < -0.39 is 22.0 Å². The second-order valence-corrected chi connectivity index (χ2v) is 10.7. The van der Waals surface area contributed by atoms with Gasteiger partial charge >= 0.3 is 0 Å². The predicted octanol–water partition coefficient (Wildman–Crippen LogP) is 3.19. The SMILES string of the molecule is CCc1nnc(-c2cnc(Nc3ccc4c(c3)C(O)CCS4(=O)=O)nc2N[C@H](CO)c2ccccc2)o1. The summed E-state index contributed by atoms with van der Waals surface area (Å²) in [6.07, 6.45) is 1.37. The zero-order chi connectivity index (χ0) is 26.0. The van der Waals surface area contributed by atoms with Crippen LogP contribution in [-0.4, -0.2) is 51.2 Å². The molecule has 0 bridgehead atoms. The van der Waals surface area contributed by atoms with Crippen molar-refractivity contribution in [1.29, 1.82) is 0 Å². The first kappa shape index (κ1) is 24.8. The summed E-state index contributed by atoms with van der Waals surface area (Å²) >= 11 is 0. The molecule has 0 radical (unpaired) electrons. The van der Waals surface area contributed by atoms with E-state index >= 15 is 0 Å². The quantitative estimate of drug-likeness (QED) is 0.269. The molecule has 0 aliphatic carbocycles. The summed E-state index contributed by atoms with van der Waals surface area (Å²) in [6.45, 7) is 1.70. The third-order valence-corrected chi connectivity index (χ3v) is 7.92. The lowest BCUT2D eigenvalue weighted by molar-refractivity contribution is 0.168. The number of aliphatic hydroxyl groups is 2. The molecule has 4 aromatic rings. The number of hydrogen-bond donors (Lipinski definition) is 4. The molecule has 4 N–H and O–H groups in total. The molecular formula is C25H26N6O5S. The van der Waals surface area contributed by atoms with Gasteiger partial charge in [-0.2, -0.15) is 4.98 Å². The van der Waals surface area contributed by atoms with Crippen LogP contribution in [0, 0.1) is 0 Å². The normalized spacial score (nSPS) is 17.1. The predicted molar refractivity (Wildman–Crippen MR) is 136 cm³/mol. The molecule has 192 valence electrons. The minimum absolute atomic E-state index is 0.0869. The van der Waals surface area contributed by atoms with E-state index in [2.05, 4.69) is 30.8 Å². The fraction of sp³-hybridized carbons (Fsp3) is 0.280. The van der Waals surface area contributed by atoms with Crippen LogP contribution < -0.4 is 10.6 Å². The van der Waals surface area contributed by atoms with Gasteiger partial charge in [-0.15, -0.1) is 10.2 Å². The van der Waals surface area contributed by atoms with Crippen molar-refractivity contribution >= 4 is 27.3 Å². The number of anilines is 3. The first-order valence-corrected chi connectivity index (χ1v) is 13.5. The Morgan fingerprint density at radius 3 is 2.70 bits per heavy atom. The van der Waals surface area contributed by atoms with Gasteiger partial charge < -0.3 is 25.3 Å². The number of nitrogens with zero attached hydrogens (tertiary/aromatic N) is 4. The second-order valence-electron chi connectivity index (χ2n) is 8.60. The zero-order valence-corrected chi connectivity index (χ0v) is 20.8. The van der Waals surface area contributed by atoms with Crippen molar-refractivity contribution in [3.05, 3.63) is 71.7 Å². The van der Waals surface area contributed by atoms with Crippen LogP contribution in [0.2, 0.25) is 0 Å². The molecule has 0 spiro atoms.